The molecule has 1 aliphatic rings. The molecule has 0 aromatic heterocycles. The maximum atomic E-state index is 13.2. The number of hydrogen-bond acceptors (Lipinski definition) is 2. The number of hydrogen-bond donors (Lipinski definition) is 1. The van der Waals surface area contributed by atoms with Gasteiger partial charge in [0, 0.05) is 18.8 Å². The van der Waals surface area contributed by atoms with E-state index in [1.807, 2.05) is 0 Å². The normalized spacial score (nSPS) is 17.0. The Bertz CT molecular complexity index is 414. The maximum absolute atomic E-state index is 13.2. The molecule has 0 unspecified atom stereocenters. The quantitative estimate of drug-likeness (QED) is 0.872. The average molecular weight is 237 g/mol. The first-order valence-corrected chi connectivity index (χ1v) is 5.83. The van der Waals surface area contributed by atoms with Crippen molar-refractivity contribution in [2.75, 3.05) is 13.2 Å². The predicted octanol–water partition coefficient (Wildman–Crippen LogP) is 1.89. The topological polar surface area (TPSA) is 52.3 Å². The van der Waals surface area contributed by atoms with Crippen molar-refractivity contribution in [3.8, 4) is 0 Å². The highest BCUT2D eigenvalue weighted by Crippen LogP contribution is 2.22. The second kappa shape index (κ2) is 5.27. The number of ether oxygens (including phenoxy) is 1. The molecular formula is C13H16FNO2. The molecule has 0 bridgehead atoms. The van der Waals surface area contributed by atoms with E-state index in [0.29, 0.717) is 23.5 Å². The largest absolute Gasteiger partial charge is 0.381 e. The fraction of sp³-hybridized carbons (Fsp3) is 0.462. The highest BCUT2D eigenvalue weighted by atomic mass is 19.1. The summed E-state index contributed by atoms with van der Waals surface area (Å²) in [7, 11) is 0. The van der Waals surface area contributed by atoms with E-state index in [2.05, 4.69) is 0 Å². The molecule has 3 nitrogen and oxygen atoms in total. The number of carbonyl (C=O) groups is 1. The van der Waals surface area contributed by atoms with Crippen LogP contribution in [0.4, 0.5) is 4.39 Å². The lowest BCUT2D eigenvalue weighted by Gasteiger charge is -2.22. The van der Waals surface area contributed by atoms with Gasteiger partial charge in [0.15, 0.2) is 0 Å². The molecule has 1 heterocycles. The molecule has 92 valence electrons. The summed E-state index contributed by atoms with van der Waals surface area (Å²) < 4.78 is 18.5. The Hall–Kier alpha value is -1.42. The van der Waals surface area contributed by atoms with Gasteiger partial charge >= 0.3 is 0 Å². The van der Waals surface area contributed by atoms with Crippen molar-refractivity contribution in [1.29, 1.82) is 0 Å². The van der Waals surface area contributed by atoms with Crippen molar-refractivity contribution in [3.63, 3.8) is 0 Å². The molecule has 1 aliphatic heterocycles. The average Bonchev–Trinajstić information content (AvgIpc) is 2.30. The molecule has 0 aliphatic carbocycles. The molecule has 2 N–H and O–H groups in total. The zero-order valence-electron chi connectivity index (χ0n) is 9.62. The molecule has 1 saturated heterocycles. The first-order chi connectivity index (χ1) is 8.16. The minimum absolute atomic E-state index is 0.322. The third kappa shape index (κ3) is 3.03. The van der Waals surface area contributed by atoms with E-state index in [1.165, 1.54) is 18.2 Å². The summed E-state index contributed by atoms with van der Waals surface area (Å²) in [6.45, 7) is 1.48. The fourth-order valence-corrected chi connectivity index (χ4v) is 2.23. The van der Waals surface area contributed by atoms with Gasteiger partial charge in [-0.25, -0.2) is 4.39 Å². The number of primary amides is 1. The molecule has 2 rings (SSSR count). The Labute approximate surface area is 99.8 Å². The zero-order chi connectivity index (χ0) is 12.3. The minimum atomic E-state index is -0.493. The van der Waals surface area contributed by atoms with Crippen LogP contribution >= 0.6 is 0 Å². The highest BCUT2D eigenvalue weighted by molar-refractivity contribution is 5.94. The number of nitrogens with two attached hydrogens (primary N) is 1. The summed E-state index contributed by atoms with van der Waals surface area (Å²) >= 11 is 0. The van der Waals surface area contributed by atoms with E-state index in [1.54, 1.807) is 0 Å². The zero-order valence-corrected chi connectivity index (χ0v) is 9.62. The second-order valence-electron chi connectivity index (χ2n) is 4.43. The van der Waals surface area contributed by atoms with Crippen LogP contribution in [0.15, 0.2) is 18.2 Å². The lowest BCUT2D eigenvalue weighted by Crippen LogP contribution is -2.20. The molecule has 0 atom stereocenters. The van der Waals surface area contributed by atoms with Crippen LogP contribution in [0.2, 0.25) is 0 Å². The molecule has 1 amide bonds. The van der Waals surface area contributed by atoms with E-state index in [-0.39, 0.29) is 5.82 Å². The SMILES string of the molecule is NC(=O)c1ccc(F)cc1CC1CCOCC1. The smallest absolute Gasteiger partial charge is 0.248 e. The maximum Gasteiger partial charge on any atom is 0.248 e. The van der Waals surface area contributed by atoms with Crippen molar-refractivity contribution in [2.45, 2.75) is 19.3 Å². The van der Waals surface area contributed by atoms with Gasteiger partial charge in [0.25, 0.3) is 0 Å². The number of carbonyl (C=O) groups excluding carboxylic acids is 1. The third-order valence-electron chi connectivity index (χ3n) is 3.18. The third-order valence-corrected chi connectivity index (χ3v) is 3.18. The molecule has 1 aromatic carbocycles. The predicted molar refractivity (Wildman–Crippen MR) is 62.2 cm³/mol. The molecule has 17 heavy (non-hydrogen) atoms. The van der Waals surface area contributed by atoms with Crippen LogP contribution in [0, 0.1) is 11.7 Å². The van der Waals surface area contributed by atoms with Gasteiger partial charge in [0.05, 0.1) is 0 Å². The lowest BCUT2D eigenvalue weighted by molar-refractivity contribution is 0.0664. The van der Waals surface area contributed by atoms with E-state index in [9.17, 15) is 9.18 Å². The Balaban J connectivity index is 2.17. The lowest BCUT2D eigenvalue weighted by atomic mass is 9.90. The van der Waals surface area contributed by atoms with Crippen LogP contribution < -0.4 is 5.73 Å². The molecule has 1 fully saturated rings. The van der Waals surface area contributed by atoms with Gasteiger partial charge in [-0.2, -0.15) is 0 Å². The van der Waals surface area contributed by atoms with Crippen molar-refractivity contribution >= 4 is 5.91 Å². The van der Waals surface area contributed by atoms with Crippen molar-refractivity contribution in [3.05, 3.63) is 35.1 Å². The number of rotatable bonds is 3. The minimum Gasteiger partial charge on any atom is -0.381 e. The summed E-state index contributed by atoms with van der Waals surface area (Å²) in [5.41, 5.74) is 6.42. The summed E-state index contributed by atoms with van der Waals surface area (Å²) in [5.74, 6) is -0.368. The molecular weight excluding hydrogens is 221 g/mol. The van der Waals surface area contributed by atoms with Gasteiger partial charge in [0.1, 0.15) is 5.82 Å². The van der Waals surface area contributed by atoms with E-state index < -0.39 is 5.91 Å². The fourth-order valence-electron chi connectivity index (χ4n) is 2.23. The van der Waals surface area contributed by atoms with Gasteiger partial charge in [0.2, 0.25) is 5.91 Å². The Morgan fingerprint density at radius 2 is 2.12 bits per heavy atom. The van der Waals surface area contributed by atoms with Crippen LogP contribution in [0.3, 0.4) is 0 Å². The monoisotopic (exact) mass is 237 g/mol. The van der Waals surface area contributed by atoms with Crippen molar-refractivity contribution in [2.24, 2.45) is 11.7 Å². The summed E-state index contributed by atoms with van der Waals surface area (Å²) in [4.78, 5) is 11.2. The highest BCUT2D eigenvalue weighted by Gasteiger charge is 2.17. The van der Waals surface area contributed by atoms with E-state index in [0.717, 1.165) is 26.1 Å². The summed E-state index contributed by atoms with van der Waals surface area (Å²) in [5, 5.41) is 0. The Morgan fingerprint density at radius 3 is 2.76 bits per heavy atom. The van der Waals surface area contributed by atoms with Crippen molar-refractivity contribution < 1.29 is 13.9 Å². The molecule has 0 saturated carbocycles. The van der Waals surface area contributed by atoms with Crippen LogP contribution in [0.25, 0.3) is 0 Å². The standard InChI is InChI=1S/C13H16FNO2/c14-11-1-2-12(13(15)16)10(8-11)7-9-3-5-17-6-4-9/h1-2,8-9H,3-7H2,(H2,15,16). The van der Waals surface area contributed by atoms with Gasteiger partial charge in [-0.3, -0.25) is 4.79 Å². The van der Waals surface area contributed by atoms with Crippen molar-refractivity contribution in [1.82, 2.24) is 0 Å². The molecule has 4 heteroatoms. The Morgan fingerprint density at radius 1 is 1.41 bits per heavy atom. The number of amides is 1. The molecule has 1 aromatic rings. The molecule has 0 radical (unpaired) electrons. The van der Waals surface area contributed by atoms with Crippen LogP contribution in [0.1, 0.15) is 28.8 Å². The van der Waals surface area contributed by atoms with E-state index in [4.69, 9.17) is 10.5 Å². The Kier molecular flexibility index (Phi) is 3.74. The summed E-state index contributed by atoms with van der Waals surface area (Å²) in [6.07, 6.45) is 2.60. The number of benzene rings is 1. The molecule has 0 spiro atoms. The number of halogens is 1. The van der Waals surface area contributed by atoms with Gasteiger partial charge in [-0.05, 0) is 48.9 Å². The van der Waals surface area contributed by atoms with Crippen LogP contribution in [-0.2, 0) is 11.2 Å². The van der Waals surface area contributed by atoms with E-state index >= 15 is 0 Å². The second-order valence-corrected chi connectivity index (χ2v) is 4.43. The summed E-state index contributed by atoms with van der Waals surface area (Å²) in [6, 6.07) is 4.15. The van der Waals surface area contributed by atoms with Gasteiger partial charge in [-0.1, -0.05) is 0 Å². The first-order valence-electron chi connectivity index (χ1n) is 5.83. The van der Waals surface area contributed by atoms with Gasteiger partial charge in [-0.15, -0.1) is 0 Å². The van der Waals surface area contributed by atoms with Gasteiger partial charge < -0.3 is 10.5 Å². The first kappa shape index (κ1) is 12.0. The van der Waals surface area contributed by atoms with Crippen LogP contribution in [0.5, 0.6) is 0 Å². The van der Waals surface area contributed by atoms with Crippen LogP contribution in [-0.4, -0.2) is 19.1 Å².